The van der Waals surface area contributed by atoms with E-state index in [9.17, 15) is 9.59 Å². The van der Waals surface area contributed by atoms with Crippen molar-refractivity contribution >= 4 is 17.4 Å². The second-order valence-corrected chi connectivity index (χ2v) is 8.49. The summed E-state index contributed by atoms with van der Waals surface area (Å²) in [6, 6.07) is 5.83. The van der Waals surface area contributed by atoms with Crippen LogP contribution in [0.1, 0.15) is 57.2 Å². The van der Waals surface area contributed by atoms with E-state index in [1.807, 2.05) is 52.8 Å². The number of hydroxylamine groups is 2. The van der Waals surface area contributed by atoms with Crippen LogP contribution in [-0.2, 0) is 23.9 Å². The maximum Gasteiger partial charge on any atom is 0.316 e. The lowest BCUT2D eigenvalue weighted by Gasteiger charge is -2.33. The molecule has 0 saturated heterocycles. The van der Waals surface area contributed by atoms with Crippen molar-refractivity contribution in [2.75, 3.05) is 7.11 Å². The minimum absolute atomic E-state index is 0.297. The van der Waals surface area contributed by atoms with Gasteiger partial charge in [-0.05, 0) is 71.1 Å². The van der Waals surface area contributed by atoms with Crippen LogP contribution >= 0.6 is 0 Å². The normalized spacial score (nSPS) is 21.1. The van der Waals surface area contributed by atoms with Gasteiger partial charge in [0.15, 0.2) is 6.29 Å². The molecule has 28 heavy (non-hydrogen) atoms. The molecule has 1 amide bonds. The number of aryl methyl sites for hydroxylation is 2. The molecule has 1 aliphatic carbocycles. The van der Waals surface area contributed by atoms with Gasteiger partial charge in [0.25, 0.3) is 5.91 Å². The van der Waals surface area contributed by atoms with Crippen LogP contribution < -0.4 is 0 Å². The molecule has 6 heteroatoms. The zero-order chi connectivity index (χ0) is 20.9. The maximum atomic E-state index is 13.4. The Balaban J connectivity index is 2.13. The summed E-state index contributed by atoms with van der Waals surface area (Å²) in [7, 11) is 1.51. The minimum atomic E-state index is -0.963. The second kappa shape index (κ2) is 7.01. The molecule has 1 heterocycles. The first-order chi connectivity index (χ1) is 13.0. The monoisotopic (exact) mass is 387 g/mol. The van der Waals surface area contributed by atoms with Gasteiger partial charge in [0.1, 0.15) is 11.3 Å². The van der Waals surface area contributed by atoms with Crippen molar-refractivity contribution in [1.82, 2.24) is 5.06 Å². The Morgan fingerprint density at radius 2 is 1.71 bits per heavy atom. The van der Waals surface area contributed by atoms with Gasteiger partial charge < -0.3 is 9.47 Å². The number of ether oxygens (including phenoxy) is 2. The summed E-state index contributed by atoms with van der Waals surface area (Å²) in [4.78, 5) is 31.9. The minimum Gasteiger partial charge on any atom is -0.427 e. The third-order valence-electron chi connectivity index (χ3n) is 5.69. The molecule has 0 bridgehead atoms. The van der Waals surface area contributed by atoms with Crippen LogP contribution in [0, 0.1) is 19.3 Å². The van der Waals surface area contributed by atoms with Crippen LogP contribution in [0.25, 0.3) is 5.57 Å². The van der Waals surface area contributed by atoms with Crippen LogP contribution in [-0.4, -0.2) is 35.9 Å². The fraction of sp³-hybridized carbons (Fsp3) is 0.545. The van der Waals surface area contributed by atoms with Gasteiger partial charge in [-0.25, -0.2) is 9.90 Å². The average Bonchev–Trinajstić information content (AvgIpc) is 3.35. The molecule has 1 saturated carbocycles. The Labute approximate surface area is 166 Å². The van der Waals surface area contributed by atoms with Crippen molar-refractivity contribution in [3.8, 4) is 0 Å². The number of esters is 1. The van der Waals surface area contributed by atoms with Crippen molar-refractivity contribution in [2.45, 2.75) is 66.2 Å². The highest BCUT2D eigenvalue weighted by molar-refractivity contribution is 6.23. The Morgan fingerprint density at radius 3 is 2.21 bits per heavy atom. The molecular formula is C22H29NO5. The maximum absolute atomic E-state index is 13.4. The number of nitrogens with zero attached hydrogens (tertiary/aromatic N) is 1. The summed E-state index contributed by atoms with van der Waals surface area (Å²) in [5.74, 6) is -0.305. The van der Waals surface area contributed by atoms with Crippen LogP contribution in [0.15, 0.2) is 24.0 Å². The van der Waals surface area contributed by atoms with E-state index in [1.54, 1.807) is 6.92 Å². The number of amides is 1. The van der Waals surface area contributed by atoms with E-state index in [4.69, 9.17) is 14.3 Å². The van der Waals surface area contributed by atoms with Crippen molar-refractivity contribution in [3.63, 3.8) is 0 Å². The number of hydrogen-bond donors (Lipinski definition) is 0. The number of benzene rings is 1. The largest absolute Gasteiger partial charge is 0.427 e. The molecule has 0 radical (unpaired) electrons. The highest BCUT2D eigenvalue weighted by Gasteiger charge is 2.54. The van der Waals surface area contributed by atoms with Crippen molar-refractivity contribution in [2.24, 2.45) is 5.41 Å². The predicted molar refractivity (Wildman–Crippen MR) is 105 cm³/mol. The van der Waals surface area contributed by atoms with E-state index in [-0.39, 0.29) is 11.9 Å². The van der Waals surface area contributed by atoms with Gasteiger partial charge >= 0.3 is 5.97 Å². The van der Waals surface area contributed by atoms with E-state index in [0.29, 0.717) is 11.3 Å². The smallest absolute Gasteiger partial charge is 0.316 e. The SMILES string of the molecule is COC(C)ON1C(=O)C(c2c(C)cccc2C)=C(OC(=O)C2(C)CC2)C1(C)C. The summed E-state index contributed by atoms with van der Waals surface area (Å²) in [6.45, 7) is 11.1. The number of methoxy groups -OCH3 is 1. The van der Waals surface area contributed by atoms with Crippen LogP contribution in [0.5, 0.6) is 0 Å². The van der Waals surface area contributed by atoms with E-state index >= 15 is 0 Å². The molecular weight excluding hydrogens is 358 g/mol. The van der Waals surface area contributed by atoms with E-state index in [0.717, 1.165) is 29.5 Å². The molecule has 152 valence electrons. The second-order valence-electron chi connectivity index (χ2n) is 8.49. The van der Waals surface area contributed by atoms with Crippen molar-refractivity contribution in [3.05, 3.63) is 40.6 Å². The zero-order valence-corrected chi connectivity index (χ0v) is 17.7. The zero-order valence-electron chi connectivity index (χ0n) is 17.7. The lowest BCUT2D eigenvalue weighted by atomic mass is 9.93. The average molecular weight is 387 g/mol. The summed E-state index contributed by atoms with van der Waals surface area (Å²) >= 11 is 0. The molecule has 0 spiro atoms. The quantitative estimate of drug-likeness (QED) is 0.547. The molecule has 1 aromatic carbocycles. The lowest BCUT2D eigenvalue weighted by Crippen LogP contribution is -2.46. The Kier molecular flexibility index (Phi) is 5.15. The first kappa shape index (κ1) is 20.6. The number of rotatable bonds is 6. The highest BCUT2D eigenvalue weighted by atomic mass is 16.8. The molecule has 1 unspecified atom stereocenters. The summed E-state index contributed by atoms with van der Waals surface area (Å²) < 4.78 is 11.1. The molecule has 1 fully saturated rings. The van der Waals surface area contributed by atoms with E-state index in [2.05, 4.69) is 0 Å². The van der Waals surface area contributed by atoms with Gasteiger partial charge in [-0.3, -0.25) is 9.59 Å². The Morgan fingerprint density at radius 1 is 1.14 bits per heavy atom. The molecule has 0 N–H and O–H groups in total. The molecule has 1 aromatic rings. The van der Waals surface area contributed by atoms with Crippen molar-refractivity contribution < 1.29 is 23.9 Å². The summed E-state index contributed by atoms with van der Waals surface area (Å²) in [5, 5.41) is 1.26. The third-order valence-corrected chi connectivity index (χ3v) is 5.69. The number of carbonyl (C=O) groups excluding carboxylic acids is 2. The molecule has 2 aliphatic rings. The van der Waals surface area contributed by atoms with Crippen molar-refractivity contribution in [1.29, 1.82) is 0 Å². The fourth-order valence-corrected chi connectivity index (χ4v) is 3.43. The third kappa shape index (κ3) is 3.35. The van der Waals surface area contributed by atoms with Gasteiger partial charge in [-0.15, -0.1) is 0 Å². The van der Waals surface area contributed by atoms with Crippen LogP contribution in [0.3, 0.4) is 0 Å². The lowest BCUT2D eigenvalue weighted by molar-refractivity contribution is -0.276. The first-order valence-corrected chi connectivity index (χ1v) is 9.60. The van der Waals surface area contributed by atoms with Crippen LogP contribution in [0.2, 0.25) is 0 Å². The summed E-state index contributed by atoms with van der Waals surface area (Å²) in [6.07, 6.45) is 0.971. The molecule has 0 aromatic heterocycles. The first-order valence-electron chi connectivity index (χ1n) is 9.60. The predicted octanol–water partition coefficient (Wildman–Crippen LogP) is 3.90. The van der Waals surface area contributed by atoms with Gasteiger partial charge in [-0.1, -0.05) is 18.2 Å². The van der Waals surface area contributed by atoms with E-state index in [1.165, 1.54) is 12.2 Å². The van der Waals surface area contributed by atoms with Crippen LogP contribution in [0.4, 0.5) is 0 Å². The molecule has 1 aliphatic heterocycles. The highest BCUT2D eigenvalue weighted by Crippen LogP contribution is 2.49. The topological polar surface area (TPSA) is 65.1 Å². The fourth-order valence-electron chi connectivity index (χ4n) is 3.43. The Hall–Kier alpha value is -2.18. The summed E-state index contributed by atoms with van der Waals surface area (Å²) in [5.41, 5.74) is 1.60. The van der Waals surface area contributed by atoms with Gasteiger partial charge in [0, 0.05) is 7.11 Å². The Bertz CT molecular complexity index is 830. The number of carbonyl (C=O) groups is 2. The molecule has 6 nitrogen and oxygen atoms in total. The van der Waals surface area contributed by atoms with Gasteiger partial charge in [0.05, 0.1) is 11.0 Å². The number of hydrogen-bond acceptors (Lipinski definition) is 5. The standard InChI is InChI=1S/C22H29NO5/c1-13-9-8-10-14(2)16(13)17-18(27-20(25)22(6)11-12-22)21(4,5)23(19(17)24)28-15(3)26-7/h8-10,15H,11-12H2,1-7H3. The molecule has 3 rings (SSSR count). The molecule has 1 atom stereocenters. The van der Waals surface area contributed by atoms with Gasteiger partial charge in [-0.2, -0.15) is 0 Å². The van der Waals surface area contributed by atoms with Gasteiger partial charge in [0.2, 0.25) is 0 Å². The van der Waals surface area contributed by atoms with E-state index < -0.39 is 17.2 Å².